The minimum absolute atomic E-state index is 0.0102. The van der Waals surface area contributed by atoms with Crippen LogP contribution in [-0.4, -0.2) is 16.9 Å². The summed E-state index contributed by atoms with van der Waals surface area (Å²) in [4.78, 5) is 22.4. The Morgan fingerprint density at radius 2 is 1.86 bits per heavy atom. The van der Waals surface area contributed by atoms with Crippen molar-refractivity contribution in [3.05, 3.63) is 46.0 Å². The van der Waals surface area contributed by atoms with E-state index in [2.05, 4.69) is 5.32 Å². The summed E-state index contributed by atoms with van der Waals surface area (Å²) in [5.74, 6) is -0.181. The molecule has 1 aromatic carbocycles. The van der Waals surface area contributed by atoms with Gasteiger partial charge in [-0.3, -0.25) is 14.9 Å². The number of nitrogens with zero attached hydrogens (tertiary/aromatic N) is 1. The largest absolute Gasteiger partial charge is 0.350 e. The molecule has 0 atom stereocenters. The molecule has 0 radical (unpaired) electrons. The molecule has 21 heavy (non-hydrogen) atoms. The van der Waals surface area contributed by atoms with Gasteiger partial charge in [0, 0.05) is 18.2 Å². The summed E-state index contributed by atoms with van der Waals surface area (Å²) in [6.07, 6.45) is 9.70. The summed E-state index contributed by atoms with van der Waals surface area (Å²) in [7, 11) is 0. The highest BCUT2D eigenvalue weighted by Gasteiger charge is 2.14. The third-order valence-corrected chi connectivity index (χ3v) is 3.75. The van der Waals surface area contributed by atoms with E-state index in [0.29, 0.717) is 5.56 Å². The molecule has 1 amide bonds. The molecule has 112 valence electrons. The monoisotopic (exact) mass is 288 g/mol. The van der Waals surface area contributed by atoms with Gasteiger partial charge in [-0.25, -0.2) is 0 Å². The maximum atomic E-state index is 11.9. The summed E-state index contributed by atoms with van der Waals surface area (Å²) < 4.78 is 0. The molecular weight excluding hydrogens is 268 g/mol. The van der Waals surface area contributed by atoms with Crippen molar-refractivity contribution < 1.29 is 9.72 Å². The molecule has 0 bridgehead atoms. The maximum absolute atomic E-state index is 11.9. The van der Waals surface area contributed by atoms with Gasteiger partial charge in [-0.05, 0) is 25.0 Å². The van der Waals surface area contributed by atoms with Crippen molar-refractivity contribution in [1.29, 1.82) is 0 Å². The highest BCUT2D eigenvalue weighted by Crippen LogP contribution is 2.19. The van der Waals surface area contributed by atoms with Crippen molar-refractivity contribution in [3.63, 3.8) is 0 Å². The quantitative estimate of drug-likeness (QED) is 0.399. The number of para-hydroxylation sites is 1. The van der Waals surface area contributed by atoms with Gasteiger partial charge in [0.15, 0.2) is 0 Å². The first-order valence-corrected chi connectivity index (χ1v) is 7.39. The third kappa shape index (κ3) is 4.70. The molecule has 1 aliphatic rings. The Morgan fingerprint density at radius 3 is 2.52 bits per heavy atom. The number of hydrogen-bond donors (Lipinski definition) is 1. The van der Waals surface area contributed by atoms with Crippen LogP contribution in [0.25, 0.3) is 6.08 Å². The van der Waals surface area contributed by atoms with Gasteiger partial charge in [-0.2, -0.15) is 0 Å². The van der Waals surface area contributed by atoms with Crippen LogP contribution in [0.4, 0.5) is 5.69 Å². The molecule has 0 heterocycles. The smallest absolute Gasteiger partial charge is 0.276 e. The minimum Gasteiger partial charge on any atom is -0.350 e. The fourth-order valence-corrected chi connectivity index (χ4v) is 2.63. The Bertz CT molecular complexity index is 532. The normalized spacial score (nSPS) is 16.6. The number of carbonyl (C=O) groups excluding carboxylic acids is 1. The standard InChI is InChI=1S/C16H20N2O3/c19-16(17-14-8-3-1-2-4-9-14)12-11-13-7-5-6-10-15(13)18(20)21/h5-7,10-12,14H,1-4,8-9H2,(H,17,19)/b12-11+. The molecular formula is C16H20N2O3. The fraction of sp³-hybridized carbons (Fsp3) is 0.438. The first-order chi connectivity index (χ1) is 10.2. The van der Waals surface area contributed by atoms with Crippen molar-refractivity contribution in [2.75, 3.05) is 0 Å². The van der Waals surface area contributed by atoms with E-state index in [1.54, 1.807) is 18.2 Å². The van der Waals surface area contributed by atoms with Crippen molar-refractivity contribution in [1.82, 2.24) is 5.32 Å². The minimum atomic E-state index is -0.442. The van der Waals surface area contributed by atoms with Crippen molar-refractivity contribution in [3.8, 4) is 0 Å². The maximum Gasteiger partial charge on any atom is 0.276 e. The topological polar surface area (TPSA) is 72.2 Å². The lowest BCUT2D eigenvalue weighted by Gasteiger charge is -2.14. The lowest BCUT2D eigenvalue weighted by atomic mass is 10.1. The first-order valence-electron chi connectivity index (χ1n) is 7.39. The van der Waals surface area contributed by atoms with Crippen LogP contribution in [0.1, 0.15) is 44.1 Å². The second kappa shape index (κ2) is 7.57. The van der Waals surface area contributed by atoms with E-state index < -0.39 is 4.92 Å². The van der Waals surface area contributed by atoms with Gasteiger partial charge in [0.25, 0.3) is 5.69 Å². The predicted octanol–water partition coefficient (Wildman–Crippen LogP) is 3.45. The third-order valence-electron chi connectivity index (χ3n) is 3.75. The van der Waals surface area contributed by atoms with Crippen LogP contribution < -0.4 is 5.32 Å². The second-order valence-corrected chi connectivity index (χ2v) is 5.35. The number of benzene rings is 1. The molecule has 1 N–H and O–H groups in total. The van der Waals surface area contributed by atoms with Crippen molar-refractivity contribution in [2.24, 2.45) is 0 Å². The molecule has 5 heteroatoms. The van der Waals surface area contributed by atoms with E-state index in [-0.39, 0.29) is 17.6 Å². The Hall–Kier alpha value is -2.17. The molecule has 5 nitrogen and oxygen atoms in total. The molecule has 1 aliphatic carbocycles. The number of nitro benzene ring substituents is 1. The second-order valence-electron chi connectivity index (χ2n) is 5.35. The molecule has 0 saturated heterocycles. The fourth-order valence-electron chi connectivity index (χ4n) is 2.63. The van der Waals surface area contributed by atoms with E-state index in [4.69, 9.17) is 0 Å². The van der Waals surface area contributed by atoms with Gasteiger partial charge in [-0.1, -0.05) is 37.8 Å². The molecule has 0 aliphatic heterocycles. The van der Waals surface area contributed by atoms with Crippen LogP contribution in [0, 0.1) is 10.1 Å². The summed E-state index contributed by atoms with van der Waals surface area (Å²) in [6, 6.07) is 6.63. The predicted molar refractivity (Wildman–Crippen MR) is 81.8 cm³/mol. The summed E-state index contributed by atoms with van der Waals surface area (Å²) >= 11 is 0. The molecule has 0 aromatic heterocycles. The van der Waals surface area contributed by atoms with Crippen LogP contribution >= 0.6 is 0 Å². The highest BCUT2D eigenvalue weighted by atomic mass is 16.6. The lowest BCUT2D eigenvalue weighted by Crippen LogP contribution is -2.33. The zero-order chi connectivity index (χ0) is 15.1. The van der Waals surface area contributed by atoms with E-state index in [9.17, 15) is 14.9 Å². The van der Waals surface area contributed by atoms with Gasteiger partial charge in [-0.15, -0.1) is 0 Å². The van der Waals surface area contributed by atoms with Crippen molar-refractivity contribution in [2.45, 2.75) is 44.6 Å². The van der Waals surface area contributed by atoms with Gasteiger partial charge in [0.2, 0.25) is 5.91 Å². The average Bonchev–Trinajstić information content (AvgIpc) is 2.74. The zero-order valence-corrected chi connectivity index (χ0v) is 12.0. The van der Waals surface area contributed by atoms with Crippen LogP contribution in [0.2, 0.25) is 0 Å². The summed E-state index contributed by atoms with van der Waals surface area (Å²) in [5.41, 5.74) is 0.453. The summed E-state index contributed by atoms with van der Waals surface area (Å²) in [5, 5.41) is 13.9. The number of hydrogen-bond acceptors (Lipinski definition) is 3. The van der Waals surface area contributed by atoms with E-state index >= 15 is 0 Å². The van der Waals surface area contributed by atoms with E-state index in [1.165, 1.54) is 31.1 Å². The lowest BCUT2D eigenvalue weighted by molar-refractivity contribution is -0.385. The number of rotatable bonds is 4. The number of amides is 1. The van der Waals surface area contributed by atoms with Gasteiger partial charge >= 0.3 is 0 Å². The Balaban J connectivity index is 1.97. The van der Waals surface area contributed by atoms with Crippen LogP contribution in [0.15, 0.2) is 30.3 Å². The zero-order valence-electron chi connectivity index (χ0n) is 12.0. The summed E-state index contributed by atoms with van der Waals surface area (Å²) in [6.45, 7) is 0. The molecule has 0 spiro atoms. The Kier molecular flexibility index (Phi) is 5.49. The average molecular weight is 288 g/mol. The van der Waals surface area contributed by atoms with Crippen LogP contribution in [0.3, 0.4) is 0 Å². The Labute approximate surface area is 124 Å². The number of nitro groups is 1. The molecule has 1 fully saturated rings. The molecule has 1 saturated carbocycles. The molecule has 0 unspecified atom stereocenters. The highest BCUT2D eigenvalue weighted by molar-refractivity contribution is 5.92. The Morgan fingerprint density at radius 1 is 1.19 bits per heavy atom. The van der Waals surface area contributed by atoms with Gasteiger partial charge in [0.1, 0.15) is 0 Å². The van der Waals surface area contributed by atoms with Gasteiger partial charge in [0.05, 0.1) is 10.5 Å². The van der Waals surface area contributed by atoms with Crippen LogP contribution in [0.5, 0.6) is 0 Å². The van der Waals surface area contributed by atoms with E-state index in [1.807, 2.05) is 0 Å². The van der Waals surface area contributed by atoms with E-state index in [0.717, 1.165) is 25.7 Å². The SMILES string of the molecule is O=C(/C=C/c1ccccc1[N+](=O)[O-])NC1CCCCCC1. The molecule has 2 rings (SSSR count). The first kappa shape index (κ1) is 15.2. The number of nitrogens with one attached hydrogen (secondary N) is 1. The van der Waals surface area contributed by atoms with Crippen molar-refractivity contribution >= 4 is 17.7 Å². The molecule has 1 aromatic rings. The van der Waals surface area contributed by atoms with Crippen LogP contribution in [-0.2, 0) is 4.79 Å². The van der Waals surface area contributed by atoms with Gasteiger partial charge < -0.3 is 5.32 Å². The number of carbonyl (C=O) groups is 1.